The van der Waals surface area contributed by atoms with Crippen molar-refractivity contribution in [3.8, 4) is 0 Å². The van der Waals surface area contributed by atoms with Gasteiger partial charge in [-0.25, -0.2) is 0 Å². The number of anilines is 1. The summed E-state index contributed by atoms with van der Waals surface area (Å²) in [4.78, 5) is 1.28. The van der Waals surface area contributed by atoms with Gasteiger partial charge in [0, 0.05) is 16.3 Å². The Kier molecular flexibility index (Phi) is 3.52. The van der Waals surface area contributed by atoms with Crippen molar-refractivity contribution in [2.75, 3.05) is 5.73 Å². The summed E-state index contributed by atoms with van der Waals surface area (Å²) < 4.78 is 0. The Morgan fingerprint density at radius 1 is 1.06 bits per heavy atom. The highest BCUT2D eigenvalue weighted by Gasteiger charge is 2.00. The Bertz CT molecular complexity index is 465. The molecule has 0 aliphatic heterocycles. The van der Waals surface area contributed by atoms with Crippen molar-refractivity contribution in [2.24, 2.45) is 0 Å². The van der Waals surface area contributed by atoms with E-state index in [-0.39, 0.29) is 0 Å². The van der Waals surface area contributed by atoms with Gasteiger partial charge in [0.25, 0.3) is 0 Å². The number of nitrogen functional groups attached to an aromatic ring is 1. The number of rotatable bonds is 3. The number of benzene rings is 2. The van der Waals surface area contributed by atoms with E-state index < -0.39 is 0 Å². The van der Waals surface area contributed by atoms with Crippen LogP contribution in [-0.2, 0) is 5.75 Å². The summed E-state index contributed by atoms with van der Waals surface area (Å²) in [5, 5.41) is 0. The smallest absolute Gasteiger partial charge is 0.0355 e. The van der Waals surface area contributed by atoms with Crippen LogP contribution >= 0.6 is 11.8 Å². The highest BCUT2D eigenvalue weighted by Crippen LogP contribution is 2.25. The lowest BCUT2D eigenvalue weighted by Gasteiger charge is -2.06. The molecular weight excluding hydrogens is 214 g/mol. The van der Waals surface area contributed by atoms with Crippen LogP contribution in [0.2, 0.25) is 0 Å². The molecule has 0 unspecified atom stereocenters. The molecule has 0 atom stereocenters. The number of hydrogen-bond acceptors (Lipinski definition) is 2. The molecule has 0 saturated heterocycles. The van der Waals surface area contributed by atoms with Crippen LogP contribution in [0.25, 0.3) is 0 Å². The van der Waals surface area contributed by atoms with Gasteiger partial charge >= 0.3 is 0 Å². The Labute approximate surface area is 101 Å². The van der Waals surface area contributed by atoms with Crippen LogP contribution in [0.4, 0.5) is 5.69 Å². The van der Waals surface area contributed by atoms with Crippen molar-refractivity contribution in [1.29, 1.82) is 0 Å². The fraction of sp³-hybridized carbons (Fsp3) is 0.143. The van der Waals surface area contributed by atoms with Crippen LogP contribution in [-0.4, -0.2) is 0 Å². The lowest BCUT2D eigenvalue weighted by atomic mass is 10.1. The molecule has 0 amide bonds. The lowest BCUT2D eigenvalue weighted by molar-refractivity contribution is 1.34. The van der Waals surface area contributed by atoms with Gasteiger partial charge in [0.1, 0.15) is 0 Å². The molecular formula is C14H15NS. The first kappa shape index (κ1) is 11.1. The van der Waals surface area contributed by atoms with Crippen molar-refractivity contribution < 1.29 is 0 Å². The molecule has 0 aliphatic carbocycles. The normalized spacial score (nSPS) is 10.3. The Morgan fingerprint density at radius 2 is 1.81 bits per heavy atom. The first-order valence-electron chi connectivity index (χ1n) is 5.28. The Balaban J connectivity index is 2.08. The van der Waals surface area contributed by atoms with Crippen LogP contribution in [0.3, 0.4) is 0 Å². The van der Waals surface area contributed by atoms with E-state index in [1.165, 1.54) is 16.0 Å². The van der Waals surface area contributed by atoms with Gasteiger partial charge in [-0.2, -0.15) is 0 Å². The van der Waals surface area contributed by atoms with Crippen LogP contribution in [0.5, 0.6) is 0 Å². The lowest BCUT2D eigenvalue weighted by Crippen LogP contribution is -1.93. The molecule has 2 rings (SSSR count). The average molecular weight is 229 g/mol. The number of hydrogen-bond donors (Lipinski definition) is 1. The van der Waals surface area contributed by atoms with E-state index in [0.717, 1.165) is 11.4 Å². The molecule has 0 spiro atoms. The van der Waals surface area contributed by atoms with Gasteiger partial charge in [0.2, 0.25) is 0 Å². The highest BCUT2D eigenvalue weighted by molar-refractivity contribution is 7.98. The van der Waals surface area contributed by atoms with E-state index >= 15 is 0 Å². The number of aryl methyl sites for hydroxylation is 1. The summed E-state index contributed by atoms with van der Waals surface area (Å²) in [7, 11) is 0. The topological polar surface area (TPSA) is 26.0 Å². The van der Waals surface area contributed by atoms with Crippen molar-refractivity contribution in [1.82, 2.24) is 0 Å². The van der Waals surface area contributed by atoms with Crippen molar-refractivity contribution in [3.63, 3.8) is 0 Å². The third-order valence-corrected chi connectivity index (χ3v) is 3.50. The molecule has 0 aromatic heterocycles. The van der Waals surface area contributed by atoms with Crippen LogP contribution in [0.15, 0.2) is 53.4 Å². The van der Waals surface area contributed by atoms with Crippen molar-refractivity contribution in [3.05, 3.63) is 59.7 Å². The van der Waals surface area contributed by atoms with Gasteiger partial charge in [-0.15, -0.1) is 11.8 Å². The fourth-order valence-corrected chi connectivity index (χ4v) is 2.46. The third kappa shape index (κ3) is 2.80. The molecule has 2 heteroatoms. The highest BCUT2D eigenvalue weighted by atomic mass is 32.2. The minimum atomic E-state index is 0.883. The largest absolute Gasteiger partial charge is 0.398 e. The molecule has 82 valence electrons. The second kappa shape index (κ2) is 5.08. The van der Waals surface area contributed by atoms with Gasteiger partial charge in [0.15, 0.2) is 0 Å². The molecule has 2 aromatic rings. The van der Waals surface area contributed by atoms with E-state index in [1.54, 1.807) is 0 Å². The molecule has 1 nitrogen and oxygen atoms in total. The second-order valence-corrected chi connectivity index (χ2v) is 4.85. The zero-order valence-electron chi connectivity index (χ0n) is 9.31. The second-order valence-electron chi connectivity index (χ2n) is 3.80. The van der Waals surface area contributed by atoms with E-state index in [2.05, 4.69) is 37.3 Å². The van der Waals surface area contributed by atoms with Crippen LogP contribution < -0.4 is 5.73 Å². The predicted octanol–water partition coefficient (Wildman–Crippen LogP) is 3.87. The first-order chi connectivity index (χ1) is 7.75. The number of nitrogens with two attached hydrogens (primary N) is 1. The standard InChI is InChI=1S/C14H15NS/c1-11-7-8-14(15)12(9-11)10-16-13-5-3-2-4-6-13/h2-9H,10,15H2,1H3. The molecule has 16 heavy (non-hydrogen) atoms. The fourth-order valence-electron chi connectivity index (χ4n) is 1.54. The zero-order valence-corrected chi connectivity index (χ0v) is 10.1. The minimum Gasteiger partial charge on any atom is -0.398 e. The quantitative estimate of drug-likeness (QED) is 0.638. The predicted molar refractivity (Wildman–Crippen MR) is 71.6 cm³/mol. The van der Waals surface area contributed by atoms with E-state index in [9.17, 15) is 0 Å². The summed E-state index contributed by atoms with van der Waals surface area (Å²) >= 11 is 1.82. The van der Waals surface area contributed by atoms with Gasteiger partial charge in [-0.3, -0.25) is 0 Å². The summed E-state index contributed by atoms with van der Waals surface area (Å²) in [5.41, 5.74) is 9.30. The van der Waals surface area contributed by atoms with Crippen molar-refractivity contribution in [2.45, 2.75) is 17.6 Å². The monoisotopic (exact) mass is 229 g/mol. The zero-order chi connectivity index (χ0) is 11.4. The molecule has 2 N–H and O–H groups in total. The SMILES string of the molecule is Cc1ccc(N)c(CSc2ccccc2)c1. The Hall–Kier alpha value is -1.41. The summed E-state index contributed by atoms with van der Waals surface area (Å²) in [6, 6.07) is 16.6. The maximum atomic E-state index is 5.94. The molecule has 0 aliphatic rings. The maximum absolute atomic E-state index is 5.94. The molecule has 0 saturated carbocycles. The van der Waals surface area contributed by atoms with E-state index in [4.69, 9.17) is 5.73 Å². The Morgan fingerprint density at radius 3 is 2.56 bits per heavy atom. The van der Waals surface area contributed by atoms with Gasteiger partial charge in [-0.1, -0.05) is 35.9 Å². The first-order valence-corrected chi connectivity index (χ1v) is 6.27. The van der Waals surface area contributed by atoms with E-state index in [0.29, 0.717) is 0 Å². The van der Waals surface area contributed by atoms with Crippen LogP contribution in [0, 0.1) is 6.92 Å². The van der Waals surface area contributed by atoms with Gasteiger partial charge in [0.05, 0.1) is 0 Å². The number of thioether (sulfide) groups is 1. The minimum absolute atomic E-state index is 0.883. The summed E-state index contributed by atoms with van der Waals surface area (Å²) in [6.45, 7) is 2.09. The van der Waals surface area contributed by atoms with Crippen LogP contribution in [0.1, 0.15) is 11.1 Å². The molecule has 2 aromatic carbocycles. The summed E-state index contributed by atoms with van der Waals surface area (Å²) in [6.07, 6.45) is 0. The van der Waals surface area contributed by atoms with Crippen molar-refractivity contribution >= 4 is 17.4 Å². The third-order valence-electron chi connectivity index (χ3n) is 2.44. The van der Waals surface area contributed by atoms with Gasteiger partial charge < -0.3 is 5.73 Å². The maximum Gasteiger partial charge on any atom is 0.0355 e. The molecule has 0 radical (unpaired) electrons. The average Bonchev–Trinajstić information content (AvgIpc) is 2.32. The van der Waals surface area contributed by atoms with Gasteiger partial charge in [-0.05, 0) is 30.7 Å². The summed E-state index contributed by atoms with van der Waals surface area (Å²) in [5.74, 6) is 0.928. The molecule has 0 heterocycles. The van der Waals surface area contributed by atoms with E-state index in [1.807, 2.05) is 30.0 Å². The molecule has 0 bridgehead atoms. The molecule has 0 fully saturated rings.